The normalized spacial score (nSPS) is 18.0. The van der Waals surface area contributed by atoms with E-state index in [-0.39, 0.29) is 11.9 Å². The van der Waals surface area contributed by atoms with Gasteiger partial charge < -0.3 is 19.3 Å². The van der Waals surface area contributed by atoms with Crippen LogP contribution in [0.25, 0.3) is 0 Å². The monoisotopic (exact) mass is 340 g/mol. The molecule has 5 heteroatoms. The molecule has 0 saturated carbocycles. The van der Waals surface area contributed by atoms with Gasteiger partial charge in [-0.25, -0.2) is 0 Å². The van der Waals surface area contributed by atoms with Crippen LogP contribution in [0.5, 0.6) is 11.5 Å². The smallest absolute Gasteiger partial charge is 0.254 e. The van der Waals surface area contributed by atoms with Gasteiger partial charge in [0.25, 0.3) is 5.91 Å². The summed E-state index contributed by atoms with van der Waals surface area (Å²) in [4.78, 5) is 17.4. The summed E-state index contributed by atoms with van der Waals surface area (Å²) in [5.41, 5.74) is 1.74. The third-order valence-corrected chi connectivity index (χ3v) is 4.63. The first kappa shape index (κ1) is 17.3. The van der Waals surface area contributed by atoms with Crippen molar-refractivity contribution in [3.8, 4) is 11.5 Å². The third-order valence-electron chi connectivity index (χ3n) is 4.63. The Morgan fingerprint density at radius 2 is 1.64 bits per heavy atom. The van der Waals surface area contributed by atoms with Crippen LogP contribution in [0.1, 0.15) is 22.0 Å². The molecule has 0 aliphatic carbocycles. The third kappa shape index (κ3) is 3.77. The molecule has 0 spiro atoms. The molecule has 5 nitrogen and oxygen atoms in total. The highest BCUT2D eigenvalue weighted by Gasteiger charge is 2.31. The first-order valence-electron chi connectivity index (χ1n) is 8.40. The van der Waals surface area contributed by atoms with Crippen molar-refractivity contribution in [2.75, 3.05) is 40.9 Å². The van der Waals surface area contributed by atoms with E-state index in [0.717, 1.165) is 18.7 Å². The number of benzene rings is 2. The molecule has 2 aromatic rings. The van der Waals surface area contributed by atoms with Gasteiger partial charge in [-0.3, -0.25) is 4.79 Å². The largest absolute Gasteiger partial charge is 0.497 e. The van der Waals surface area contributed by atoms with Gasteiger partial charge in [-0.2, -0.15) is 0 Å². The number of amides is 1. The first-order chi connectivity index (χ1) is 12.1. The van der Waals surface area contributed by atoms with Crippen molar-refractivity contribution < 1.29 is 14.3 Å². The lowest BCUT2D eigenvalue weighted by atomic mass is 10.0. The second-order valence-corrected chi connectivity index (χ2v) is 6.29. The molecule has 1 saturated heterocycles. The van der Waals surface area contributed by atoms with Crippen LogP contribution in [0.2, 0.25) is 0 Å². The Bertz CT molecular complexity index is 711. The number of carbonyl (C=O) groups excluding carboxylic acids is 1. The molecule has 1 fully saturated rings. The topological polar surface area (TPSA) is 42.0 Å². The van der Waals surface area contributed by atoms with E-state index < -0.39 is 0 Å². The van der Waals surface area contributed by atoms with E-state index in [9.17, 15) is 4.79 Å². The molecule has 3 rings (SSSR count). The molecule has 1 heterocycles. The van der Waals surface area contributed by atoms with Crippen LogP contribution in [-0.4, -0.2) is 56.6 Å². The summed E-state index contributed by atoms with van der Waals surface area (Å²) in [6.45, 7) is 2.36. The number of piperazine rings is 1. The van der Waals surface area contributed by atoms with Gasteiger partial charge in [0.2, 0.25) is 0 Å². The van der Waals surface area contributed by atoms with Gasteiger partial charge in [-0.15, -0.1) is 0 Å². The number of rotatable bonds is 4. The van der Waals surface area contributed by atoms with Gasteiger partial charge in [0.05, 0.1) is 20.3 Å². The highest BCUT2D eigenvalue weighted by Crippen LogP contribution is 2.29. The van der Waals surface area contributed by atoms with E-state index in [1.807, 2.05) is 23.1 Å². The maximum atomic E-state index is 13.2. The van der Waals surface area contributed by atoms with Crippen LogP contribution >= 0.6 is 0 Å². The molecule has 25 heavy (non-hydrogen) atoms. The van der Waals surface area contributed by atoms with Crippen molar-refractivity contribution in [2.45, 2.75) is 6.04 Å². The van der Waals surface area contributed by atoms with Crippen molar-refractivity contribution in [3.63, 3.8) is 0 Å². The molecule has 0 aromatic heterocycles. The zero-order valence-corrected chi connectivity index (χ0v) is 14.9. The number of nitrogens with zero attached hydrogens (tertiary/aromatic N) is 2. The number of likely N-dealkylation sites (N-methyl/N-ethyl adjacent to an activating group) is 1. The quantitative estimate of drug-likeness (QED) is 0.858. The van der Waals surface area contributed by atoms with Crippen molar-refractivity contribution >= 4 is 5.91 Å². The fourth-order valence-corrected chi connectivity index (χ4v) is 3.22. The van der Waals surface area contributed by atoms with Crippen LogP contribution in [-0.2, 0) is 0 Å². The fourth-order valence-electron chi connectivity index (χ4n) is 3.22. The summed E-state index contributed by atoms with van der Waals surface area (Å²) in [7, 11) is 5.27. The highest BCUT2D eigenvalue weighted by molar-refractivity contribution is 5.95. The van der Waals surface area contributed by atoms with Gasteiger partial charge in [-0.05, 0) is 24.7 Å². The second-order valence-electron chi connectivity index (χ2n) is 6.29. The SMILES string of the molecule is COc1cc(OC)cc(C(=O)N2CCN(C)CC2c2ccccc2)c1. The number of hydrogen-bond acceptors (Lipinski definition) is 4. The van der Waals surface area contributed by atoms with E-state index in [1.165, 1.54) is 0 Å². The lowest BCUT2D eigenvalue weighted by Gasteiger charge is -2.40. The highest BCUT2D eigenvalue weighted by atomic mass is 16.5. The minimum atomic E-state index is -0.000784. The maximum Gasteiger partial charge on any atom is 0.254 e. The summed E-state index contributed by atoms with van der Waals surface area (Å²) in [5, 5.41) is 0. The molecule has 0 radical (unpaired) electrons. The fraction of sp³-hybridized carbons (Fsp3) is 0.350. The number of hydrogen-bond donors (Lipinski definition) is 0. The predicted molar refractivity (Wildman–Crippen MR) is 97.3 cm³/mol. The van der Waals surface area contributed by atoms with E-state index in [1.54, 1.807) is 32.4 Å². The van der Waals surface area contributed by atoms with Gasteiger partial charge in [0.1, 0.15) is 11.5 Å². The van der Waals surface area contributed by atoms with E-state index in [4.69, 9.17) is 9.47 Å². The second kappa shape index (κ2) is 7.57. The summed E-state index contributed by atoms with van der Waals surface area (Å²) >= 11 is 0. The molecule has 0 bridgehead atoms. The minimum absolute atomic E-state index is 0.000784. The van der Waals surface area contributed by atoms with E-state index >= 15 is 0 Å². The van der Waals surface area contributed by atoms with E-state index in [0.29, 0.717) is 23.6 Å². The van der Waals surface area contributed by atoms with Crippen molar-refractivity contribution in [2.24, 2.45) is 0 Å². The molecular weight excluding hydrogens is 316 g/mol. The first-order valence-corrected chi connectivity index (χ1v) is 8.40. The van der Waals surface area contributed by atoms with Gasteiger partial charge >= 0.3 is 0 Å². The van der Waals surface area contributed by atoms with E-state index in [2.05, 4.69) is 24.1 Å². The lowest BCUT2D eigenvalue weighted by molar-refractivity contribution is 0.0497. The molecule has 0 N–H and O–H groups in total. The summed E-state index contributed by atoms with van der Waals surface area (Å²) in [6, 6.07) is 15.5. The number of carbonyl (C=O) groups is 1. The molecule has 1 amide bonds. The lowest BCUT2D eigenvalue weighted by Crippen LogP contribution is -2.49. The maximum absolute atomic E-state index is 13.2. The number of methoxy groups -OCH3 is 2. The number of ether oxygens (including phenoxy) is 2. The summed E-state index contributed by atoms with van der Waals surface area (Å²) in [6.07, 6.45) is 0. The van der Waals surface area contributed by atoms with Gasteiger partial charge in [0.15, 0.2) is 0 Å². The molecule has 132 valence electrons. The minimum Gasteiger partial charge on any atom is -0.497 e. The zero-order chi connectivity index (χ0) is 17.8. The van der Waals surface area contributed by atoms with Crippen molar-refractivity contribution in [1.82, 2.24) is 9.80 Å². The van der Waals surface area contributed by atoms with Crippen molar-refractivity contribution in [1.29, 1.82) is 0 Å². The van der Waals surface area contributed by atoms with Crippen LogP contribution in [0.4, 0.5) is 0 Å². The summed E-state index contributed by atoms with van der Waals surface area (Å²) < 4.78 is 10.6. The van der Waals surface area contributed by atoms with Crippen LogP contribution < -0.4 is 9.47 Å². The van der Waals surface area contributed by atoms with Crippen molar-refractivity contribution in [3.05, 3.63) is 59.7 Å². The summed E-state index contributed by atoms with van der Waals surface area (Å²) in [5.74, 6) is 1.24. The molecule has 2 aromatic carbocycles. The Labute approximate surface area is 148 Å². The Morgan fingerprint density at radius 1 is 1.00 bits per heavy atom. The standard InChI is InChI=1S/C20H24N2O3/c1-21-9-10-22(19(14-21)15-7-5-4-6-8-15)20(23)16-11-17(24-2)13-18(12-16)25-3/h4-8,11-13,19H,9-10,14H2,1-3H3. The van der Waals surface area contributed by atoms with Crippen LogP contribution in [0.3, 0.4) is 0 Å². The Hall–Kier alpha value is -2.53. The van der Waals surface area contributed by atoms with Crippen LogP contribution in [0, 0.1) is 0 Å². The Morgan fingerprint density at radius 3 is 2.24 bits per heavy atom. The average molecular weight is 340 g/mol. The average Bonchev–Trinajstić information content (AvgIpc) is 2.67. The Kier molecular flexibility index (Phi) is 5.24. The predicted octanol–water partition coefficient (Wildman–Crippen LogP) is 2.83. The molecule has 1 aliphatic rings. The van der Waals surface area contributed by atoms with Crippen LogP contribution in [0.15, 0.2) is 48.5 Å². The Balaban J connectivity index is 1.94. The van der Waals surface area contributed by atoms with Gasteiger partial charge in [-0.1, -0.05) is 30.3 Å². The van der Waals surface area contributed by atoms with Gasteiger partial charge in [0, 0.05) is 31.3 Å². The molecular formula is C20H24N2O3. The molecule has 1 aliphatic heterocycles. The molecule has 1 atom stereocenters. The zero-order valence-electron chi connectivity index (χ0n) is 14.9. The molecule has 1 unspecified atom stereocenters.